The fourth-order valence-corrected chi connectivity index (χ4v) is 0.189. The minimum atomic E-state index is -5.79. The van der Waals surface area contributed by atoms with Crippen LogP contribution in [0, 0.1) is 0 Å². The highest BCUT2D eigenvalue weighted by Crippen LogP contribution is 2.19. The van der Waals surface area contributed by atoms with Gasteiger partial charge in [0.25, 0.3) is 0 Å². The molecule has 0 rings (SSSR count). The van der Waals surface area contributed by atoms with Crippen molar-refractivity contribution in [2.75, 3.05) is 6.61 Å². The van der Waals surface area contributed by atoms with Gasteiger partial charge in [-0.25, -0.2) is 0 Å². The van der Waals surface area contributed by atoms with E-state index < -0.39 is 20.0 Å². The maximum atomic E-state index is 11.0. The molecule has 0 atom stereocenters. The van der Waals surface area contributed by atoms with Crippen LogP contribution in [0.1, 0.15) is 0 Å². The van der Waals surface area contributed by atoms with Gasteiger partial charge < -0.3 is 17.6 Å². The van der Waals surface area contributed by atoms with Crippen LogP contribution in [0.15, 0.2) is 0 Å². The minimum absolute atomic E-state index is 2.27. The van der Waals surface area contributed by atoms with Crippen LogP contribution < -0.4 is 0 Å². The maximum absolute atomic E-state index is 11.0. The molecule has 0 heterocycles. The zero-order valence-electron chi connectivity index (χ0n) is 4.46. The topological polar surface area (TPSA) is 9.23 Å². The highest BCUT2D eigenvalue weighted by atomic mass is 19.4. The van der Waals surface area contributed by atoms with E-state index in [4.69, 9.17) is 0 Å². The number of rotatable bonds is 2. The Morgan fingerprint density at radius 3 is 1.60 bits per heavy atom. The van der Waals surface area contributed by atoms with E-state index >= 15 is 0 Å². The Balaban J connectivity index is 3.56. The van der Waals surface area contributed by atoms with Gasteiger partial charge in [0.2, 0.25) is 0 Å². The van der Waals surface area contributed by atoms with Gasteiger partial charge in [-0.2, -0.15) is 13.2 Å². The molecule has 0 aliphatic heterocycles. The molecule has 62 valence electrons. The summed E-state index contributed by atoms with van der Waals surface area (Å²) in [7, 11) is -5.79. The van der Waals surface area contributed by atoms with E-state index in [0.29, 0.717) is 0 Å². The van der Waals surface area contributed by atoms with Gasteiger partial charge in [-0.15, -0.1) is 0 Å². The highest BCUT2D eigenvalue weighted by molar-refractivity contribution is 6.51. The third-order valence-electron chi connectivity index (χ3n) is 0.436. The van der Waals surface area contributed by atoms with E-state index in [9.17, 15) is 26.1 Å². The van der Waals surface area contributed by atoms with E-state index in [0.717, 1.165) is 0 Å². The summed E-state index contributed by atoms with van der Waals surface area (Å²) >= 11 is 0. The van der Waals surface area contributed by atoms with Crippen molar-refractivity contribution in [2.24, 2.45) is 0 Å². The van der Waals surface area contributed by atoms with Crippen LogP contribution in [0.3, 0.4) is 0 Å². The molecule has 0 aromatic heterocycles. The molecule has 0 saturated heterocycles. The second-order valence-electron chi connectivity index (χ2n) is 1.44. The predicted molar refractivity (Wildman–Crippen MR) is 21.1 cm³/mol. The average Bonchev–Trinajstić information content (AvgIpc) is 1.57. The molecule has 0 amide bonds. The van der Waals surface area contributed by atoms with Gasteiger partial charge in [0.15, 0.2) is 0 Å². The molecule has 0 N–H and O–H groups in total. The van der Waals surface area contributed by atoms with Crippen molar-refractivity contribution < 1.29 is 30.8 Å². The van der Waals surface area contributed by atoms with E-state index in [2.05, 4.69) is 4.65 Å². The molecule has 8 heteroatoms. The summed E-state index contributed by atoms with van der Waals surface area (Å²) in [5, 5.41) is 0. The average molecular weight is 167 g/mol. The Morgan fingerprint density at radius 2 is 1.50 bits per heavy atom. The summed E-state index contributed by atoms with van der Waals surface area (Å²) < 4.78 is 68.2. The lowest BCUT2D eigenvalue weighted by Crippen LogP contribution is -2.28. The second kappa shape index (κ2) is 2.69. The smallest absolute Gasteiger partial charge is 0.501 e. The van der Waals surface area contributed by atoms with Crippen LogP contribution in [-0.4, -0.2) is 20.0 Å². The summed E-state index contributed by atoms with van der Waals surface area (Å²) in [6.07, 6.45) is -4.92. The van der Waals surface area contributed by atoms with Crippen molar-refractivity contribution in [1.82, 2.24) is 0 Å². The number of hydrogen-bond acceptors (Lipinski definition) is 1. The van der Waals surface area contributed by atoms with E-state index in [1.54, 1.807) is 0 Å². The highest BCUT2D eigenvalue weighted by Gasteiger charge is 2.34. The van der Waals surface area contributed by atoms with Crippen LogP contribution in [0.5, 0.6) is 0 Å². The largest absolute Gasteiger partial charge is 0.637 e. The second-order valence-corrected chi connectivity index (χ2v) is 1.44. The van der Waals surface area contributed by atoms with Crippen LogP contribution in [0.25, 0.3) is 0 Å². The fourth-order valence-electron chi connectivity index (χ4n) is 0.189. The summed E-state index contributed by atoms with van der Waals surface area (Å²) in [5.74, 6) is 0. The van der Waals surface area contributed by atoms with Crippen LogP contribution in [0.4, 0.5) is 26.1 Å². The van der Waals surface area contributed by atoms with Gasteiger partial charge in [-0.3, -0.25) is 0 Å². The van der Waals surface area contributed by atoms with Gasteiger partial charge in [-0.1, -0.05) is 0 Å². The molecular formula is C2H2BF6O-. The standard InChI is InChI=1S/C2H2BF6O/c4-2(5,6)1-10-3(7,8)9/h1H2/q-1. The monoisotopic (exact) mass is 167 g/mol. The summed E-state index contributed by atoms with van der Waals surface area (Å²) in [4.78, 5) is 0. The van der Waals surface area contributed by atoms with Crippen molar-refractivity contribution in [1.29, 1.82) is 0 Å². The zero-order chi connectivity index (χ0) is 8.41. The molecule has 0 aromatic carbocycles. The Kier molecular flexibility index (Phi) is 2.58. The van der Waals surface area contributed by atoms with Gasteiger partial charge in [0.1, 0.15) is 6.61 Å². The predicted octanol–water partition coefficient (Wildman–Crippen LogP) is 1.91. The summed E-state index contributed by atoms with van der Waals surface area (Å²) in [5.41, 5.74) is 0. The molecular weight excluding hydrogens is 165 g/mol. The molecule has 1 nitrogen and oxygen atoms in total. The summed E-state index contributed by atoms with van der Waals surface area (Å²) in [6, 6.07) is 0. The van der Waals surface area contributed by atoms with Crippen LogP contribution >= 0.6 is 0 Å². The molecule has 0 bridgehead atoms. The van der Waals surface area contributed by atoms with E-state index in [1.807, 2.05) is 0 Å². The minimum Gasteiger partial charge on any atom is -0.501 e. The first-order chi connectivity index (χ1) is 4.21. The number of halogens is 6. The van der Waals surface area contributed by atoms with E-state index in [1.165, 1.54) is 0 Å². The van der Waals surface area contributed by atoms with Crippen molar-refractivity contribution in [2.45, 2.75) is 6.18 Å². The van der Waals surface area contributed by atoms with Gasteiger partial charge in [-0.05, 0) is 0 Å². The first-order valence-corrected chi connectivity index (χ1v) is 2.10. The van der Waals surface area contributed by atoms with Crippen molar-refractivity contribution in [3.63, 3.8) is 0 Å². The molecule has 0 radical (unpaired) electrons. The Labute approximate surface area is 52.1 Å². The molecule has 0 aromatic rings. The molecule has 0 unspecified atom stereocenters. The maximum Gasteiger partial charge on any atom is 0.637 e. The molecule has 0 aliphatic rings. The molecule has 0 fully saturated rings. The lowest BCUT2D eigenvalue weighted by Gasteiger charge is -2.17. The van der Waals surface area contributed by atoms with Gasteiger partial charge in [0.05, 0.1) is 0 Å². The fraction of sp³-hybridized carbons (Fsp3) is 1.00. The lowest BCUT2D eigenvalue weighted by atomic mass is 10.3. The molecule has 10 heavy (non-hydrogen) atoms. The van der Waals surface area contributed by atoms with Crippen molar-refractivity contribution >= 4 is 7.18 Å². The number of alkyl halides is 3. The molecule has 0 aliphatic carbocycles. The van der Waals surface area contributed by atoms with Gasteiger partial charge in [0, 0.05) is 0 Å². The third-order valence-corrected chi connectivity index (χ3v) is 0.436. The first-order valence-electron chi connectivity index (χ1n) is 2.10. The Hall–Kier alpha value is -0.395. The molecule has 0 spiro atoms. The van der Waals surface area contributed by atoms with Gasteiger partial charge >= 0.3 is 13.4 Å². The SMILES string of the molecule is F[B-](F)(F)OCC(F)(F)F. The normalized spacial score (nSPS) is 13.8. The number of hydrogen-bond donors (Lipinski definition) is 0. The first kappa shape index (κ1) is 9.60. The quantitative estimate of drug-likeness (QED) is 0.450. The van der Waals surface area contributed by atoms with E-state index in [-0.39, 0.29) is 0 Å². The van der Waals surface area contributed by atoms with Crippen LogP contribution in [0.2, 0.25) is 0 Å². The Bertz CT molecular complexity index is 89.3. The third kappa shape index (κ3) is 7.60. The summed E-state index contributed by atoms with van der Waals surface area (Å²) in [6.45, 7) is -2.27. The van der Waals surface area contributed by atoms with Crippen molar-refractivity contribution in [3.8, 4) is 0 Å². The molecule has 0 saturated carbocycles. The van der Waals surface area contributed by atoms with Crippen LogP contribution in [-0.2, 0) is 4.65 Å². The zero-order valence-corrected chi connectivity index (χ0v) is 4.46. The Morgan fingerprint density at radius 1 is 1.10 bits per heavy atom. The lowest BCUT2D eigenvalue weighted by molar-refractivity contribution is -0.161. The van der Waals surface area contributed by atoms with Crippen molar-refractivity contribution in [3.05, 3.63) is 0 Å².